The fourth-order valence-corrected chi connectivity index (χ4v) is 5.22. The van der Waals surface area contributed by atoms with E-state index < -0.39 is 0 Å². The van der Waals surface area contributed by atoms with Crippen LogP contribution < -0.4 is 19.4 Å². The van der Waals surface area contributed by atoms with Gasteiger partial charge < -0.3 is 19.4 Å². The molecule has 180 valence electrons. The molecule has 0 saturated heterocycles. The van der Waals surface area contributed by atoms with E-state index in [1.165, 1.54) is 11.1 Å². The minimum atomic E-state index is -0.157. The third-order valence-corrected chi connectivity index (χ3v) is 7.30. The van der Waals surface area contributed by atoms with Gasteiger partial charge in [0.25, 0.3) is 0 Å². The van der Waals surface area contributed by atoms with E-state index >= 15 is 0 Å². The molecular weight excluding hydrogens is 477 g/mol. The van der Waals surface area contributed by atoms with Crippen molar-refractivity contribution in [3.63, 3.8) is 0 Å². The van der Waals surface area contributed by atoms with Crippen LogP contribution in [0.3, 0.4) is 0 Å². The summed E-state index contributed by atoms with van der Waals surface area (Å²) < 4.78 is 6.31. The molecule has 6 heteroatoms. The van der Waals surface area contributed by atoms with Gasteiger partial charge in [-0.25, -0.2) is 0 Å². The molecule has 0 spiro atoms. The minimum Gasteiger partial charge on any atom is -0.465 e. The van der Waals surface area contributed by atoms with Gasteiger partial charge in [0, 0.05) is 19.6 Å². The Balaban J connectivity index is 1.41. The molecule has 5 rings (SSSR count). The fraction of sp³-hybridized carbons (Fsp3) is 0.241. The Bertz CT molecular complexity index is 1250. The number of fused-ring (bicyclic) bond motifs is 2. The summed E-state index contributed by atoms with van der Waals surface area (Å²) in [7, 11) is 0. The van der Waals surface area contributed by atoms with E-state index in [0.29, 0.717) is 10.0 Å². The Labute approximate surface area is 217 Å². The van der Waals surface area contributed by atoms with Gasteiger partial charge in [0.1, 0.15) is 11.6 Å². The second kappa shape index (κ2) is 9.88. The maximum absolute atomic E-state index is 6.34. The lowest BCUT2D eigenvalue weighted by atomic mass is 10.0. The third kappa shape index (κ3) is 4.26. The highest BCUT2D eigenvalue weighted by Crippen LogP contribution is 2.45. The molecule has 1 atom stereocenters. The number of nitrogens with zero attached hydrogens (tertiary/aromatic N) is 3. The summed E-state index contributed by atoms with van der Waals surface area (Å²) in [5, 5.41) is 1.14. The molecule has 0 fully saturated rings. The van der Waals surface area contributed by atoms with Crippen molar-refractivity contribution in [2.45, 2.75) is 27.0 Å². The second-order valence-electron chi connectivity index (χ2n) is 8.50. The summed E-state index contributed by atoms with van der Waals surface area (Å²) in [5.41, 5.74) is 5.68. The van der Waals surface area contributed by atoms with Crippen molar-refractivity contribution in [1.29, 1.82) is 0 Å². The number of likely N-dealkylation sites (N-methyl/N-ethyl adjacent to an activating group) is 1. The molecule has 2 aliphatic heterocycles. The standard InChI is InChI=1S/C29H29Cl2N3O/c1-4-32-24-18-22(30)23(31)19-25(24)33(5-2)28(32)13-10-14-29-34(6-3)26-17-21(15-16-27(26)35-29)20-11-8-7-9-12-20/h7-19,29H,4-6H2,1-3H3/b14-10+. The van der Waals surface area contributed by atoms with Crippen LogP contribution in [0.15, 0.2) is 84.7 Å². The summed E-state index contributed by atoms with van der Waals surface area (Å²) in [5.74, 6) is 2.02. The molecule has 35 heavy (non-hydrogen) atoms. The van der Waals surface area contributed by atoms with E-state index in [2.05, 4.69) is 96.2 Å². The van der Waals surface area contributed by atoms with Gasteiger partial charge in [0.05, 0.1) is 27.1 Å². The molecule has 2 heterocycles. The van der Waals surface area contributed by atoms with Crippen LogP contribution in [0.1, 0.15) is 20.8 Å². The van der Waals surface area contributed by atoms with E-state index in [0.717, 1.165) is 48.3 Å². The van der Waals surface area contributed by atoms with E-state index in [1.807, 2.05) is 18.2 Å². The lowest BCUT2D eigenvalue weighted by molar-refractivity contribution is 0.275. The highest BCUT2D eigenvalue weighted by atomic mass is 35.5. The number of benzene rings is 3. The topological polar surface area (TPSA) is 19.0 Å². The molecule has 1 unspecified atom stereocenters. The maximum atomic E-state index is 6.34. The minimum absolute atomic E-state index is 0.157. The first-order chi connectivity index (χ1) is 17.0. The van der Waals surface area contributed by atoms with Gasteiger partial charge >= 0.3 is 0 Å². The van der Waals surface area contributed by atoms with Crippen molar-refractivity contribution >= 4 is 40.3 Å². The molecule has 4 nitrogen and oxygen atoms in total. The van der Waals surface area contributed by atoms with Crippen LogP contribution in [0, 0.1) is 0 Å². The number of anilines is 3. The molecule has 0 radical (unpaired) electrons. The lowest BCUT2D eigenvalue weighted by Crippen LogP contribution is -2.32. The Morgan fingerprint density at radius 1 is 0.771 bits per heavy atom. The molecule has 0 amide bonds. The van der Waals surface area contributed by atoms with Gasteiger partial charge in [-0.3, -0.25) is 0 Å². The largest absolute Gasteiger partial charge is 0.465 e. The van der Waals surface area contributed by atoms with Crippen LogP contribution in [0.4, 0.5) is 17.1 Å². The number of rotatable bonds is 6. The smallest absolute Gasteiger partial charge is 0.192 e. The molecular formula is C29H29Cl2N3O. The maximum Gasteiger partial charge on any atom is 0.192 e. The molecule has 0 saturated carbocycles. The SMILES string of the molecule is CCN1C(=C/C=C/C2Oc3ccc(-c4ccccc4)cc3N2CC)N(CC)c2cc(Cl)c(Cl)cc21. The van der Waals surface area contributed by atoms with Crippen molar-refractivity contribution < 1.29 is 4.74 Å². The van der Waals surface area contributed by atoms with Gasteiger partial charge in [0.2, 0.25) is 0 Å². The summed E-state index contributed by atoms with van der Waals surface area (Å²) in [6.07, 6.45) is 6.19. The first-order valence-corrected chi connectivity index (χ1v) is 12.9. The van der Waals surface area contributed by atoms with Gasteiger partial charge in [0.15, 0.2) is 6.23 Å². The zero-order chi connectivity index (χ0) is 24.5. The van der Waals surface area contributed by atoms with Gasteiger partial charge in [-0.1, -0.05) is 65.7 Å². The molecule has 0 N–H and O–H groups in total. The average molecular weight is 506 g/mol. The number of allylic oxidation sites excluding steroid dienone is 2. The van der Waals surface area contributed by atoms with Crippen LogP contribution >= 0.6 is 23.2 Å². The molecule has 0 aliphatic carbocycles. The molecule has 3 aromatic rings. The molecule has 0 aromatic heterocycles. The lowest BCUT2D eigenvalue weighted by Gasteiger charge is -2.23. The zero-order valence-corrected chi connectivity index (χ0v) is 21.7. The van der Waals surface area contributed by atoms with Crippen LogP contribution in [-0.4, -0.2) is 25.9 Å². The van der Waals surface area contributed by atoms with E-state index in [1.54, 1.807) is 0 Å². The molecule has 3 aromatic carbocycles. The Morgan fingerprint density at radius 2 is 1.43 bits per heavy atom. The van der Waals surface area contributed by atoms with Crippen LogP contribution in [0.5, 0.6) is 5.75 Å². The van der Waals surface area contributed by atoms with Crippen LogP contribution in [0.2, 0.25) is 10.0 Å². The van der Waals surface area contributed by atoms with E-state index in [4.69, 9.17) is 27.9 Å². The second-order valence-corrected chi connectivity index (χ2v) is 9.31. The van der Waals surface area contributed by atoms with Crippen LogP contribution in [0.25, 0.3) is 11.1 Å². The monoisotopic (exact) mass is 505 g/mol. The first kappa shape index (κ1) is 23.7. The van der Waals surface area contributed by atoms with Crippen LogP contribution in [-0.2, 0) is 0 Å². The predicted molar refractivity (Wildman–Crippen MR) is 149 cm³/mol. The Hall–Kier alpha value is -3.08. The fourth-order valence-electron chi connectivity index (χ4n) is 4.91. The quantitative estimate of drug-likeness (QED) is 0.338. The summed E-state index contributed by atoms with van der Waals surface area (Å²) >= 11 is 12.7. The third-order valence-electron chi connectivity index (χ3n) is 6.58. The molecule has 2 aliphatic rings. The predicted octanol–water partition coefficient (Wildman–Crippen LogP) is 7.97. The summed E-state index contributed by atoms with van der Waals surface area (Å²) in [6.45, 7) is 8.95. The highest BCUT2D eigenvalue weighted by Gasteiger charge is 2.31. The van der Waals surface area contributed by atoms with E-state index in [9.17, 15) is 0 Å². The first-order valence-electron chi connectivity index (χ1n) is 12.1. The van der Waals surface area contributed by atoms with Gasteiger partial charge in [-0.2, -0.15) is 0 Å². The average Bonchev–Trinajstić information content (AvgIpc) is 3.38. The Kier molecular flexibility index (Phi) is 6.68. The number of hydrogen-bond acceptors (Lipinski definition) is 4. The number of hydrogen-bond donors (Lipinski definition) is 0. The zero-order valence-electron chi connectivity index (χ0n) is 20.2. The van der Waals surface area contributed by atoms with Crippen molar-refractivity contribution in [2.75, 3.05) is 34.3 Å². The van der Waals surface area contributed by atoms with Gasteiger partial charge in [-0.15, -0.1) is 0 Å². The van der Waals surface area contributed by atoms with Crippen molar-refractivity contribution in [3.05, 3.63) is 94.8 Å². The highest BCUT2D eigenvalue weighted by molar-refractivity contribution is 6.42. The van der Waals surface area contributed by atoms with Gasteiger partial charge in [-0.05, 0) is 68.3 Å². The van der Waals surface area contributed by atoms with Crippen molar-refractivity contribution in [1.82, 2.24) is 0 Å². The molecule has 0 bridgehead atoms. The Morgan fingerprint density at radius 3 is 2.03 bits per heavy atom. The van der Waals surface area contributed by atoms with Crippen molar-refractivity contribution in [2.24, 2.45) is 0 Å². The normalized spacial score (nSPS) is 16.7. The van der Waals surface area contributed by atoms with Crippen molar-refractivity contribution in [3.8, 4) is 16.9 Å². The summed E-state index contributed by atoms with van der Waals surface area (Å²) in [4.78, 5) is 6.81. The number of ether oxygens (including phenoxy) is 1. The summed E-state index contributed by atoms with van der Waals surface area (Å²) in [6, 6.07) is 20.8. The van der Waals surface area contributed by atoms with E-state index in [-0.39, 0.29) is 6.23 Å². The number of halogens is 2.